The zero-order valence-electron chi connectivity index (χ0n) is 10.6. The Labute approximate surface area is 129 Å². The van der Waals surface area contributed by atoms with Crippen LogP contribution >= 0.6 is 27.7 Å². The fourth-order valence-electron chi connectivity index (χ4n) is 2.01. The third-order valence-corrected chi connectivity index (χ3v) is 4.44. The number of hydrogen-bond acceptors (Lipinski definition) is 2. The molecule has 0 amide bonds. The first-order chi connectivity index (χ1) is 9.72. The summed E-state index contributed by atoms with van der Waals surface area (Å²) in [5, 5.41) is 2.19. The summed E-state index contributed by atoms with van der Waals surface area (Å²) in [5.41, 5.74) is 1.84. The maximum atomic E-state index is 12.1. The highest BCUT2D eigenvalue weighted by Gasteiger charge is 2.08. The van der Waals surface area contributed by atoms with Crippen LogP contribution in [0.5, 0.6) is 0 Å². The second-order valence-electron chi connectivity index (χ2n) is 4.44. The van der Waals surface area contributed by atoms with Gasteiger partial charge < -0.3 is 4.98 Å². The minimum Gasteiger partial charge on any atom is -0.350 e. The number of Topliss-reactive ketones (excluding diaryl/α,β-unsaturated/α-hetero) is 1. The SMILES string of the molecule is O=C(CSc1cc2ccccc2[nH]1)c1cccc(Br)c1. The Bertz CT molecular complexity index is 733. The number of fused-ring (bicyclic) bond motifs is 1. The molecule has 1 heterocycles. The van der Waals surface area contributed by atoms with Gasteiger partial charge in [-0.25, -0.2) is 0 Å². The molecule has 0 aliphatic rings. The summed E-state index contributed by atoms with van der Waals surface area (Å²) in [4.78, 5) is 15.4. The molecule has 0 saturated heterocycles. The molecule has 100 valence electrons. The third kappa shape index (κ3) is 2.97. The second kappa shape index (κ2) is 5.85. The summed E-state index contributed by atoms with van der Waals surface area (Å²) >= 11 is 4.92. The Morgan fingerprint density at radius 2 is 1.95 bits per heavy atom. The van der Waals surface area contributed by atoms with Crippen LogP contribution in [0.15, 0.2) is 64.1 Å². The smallest absolute Gasteiger partial charge is 0.173 e. The van der Waals surface area contributed by atoms with E-state index in [1.165, 1.54) is 17.1 Å². The van der Waals surface area contributed by atoms with Gasteiger partial charge in [0.2, 0.25) is 0 Å². The molecule has 2 nitrogen and oxygen atoms in total. The van der Waals surface area contributed by atoms with Gasteiger partial charge in [0.1, 0.15) is 0 Å². The van der Waals surface area contributed by atoms with Crippen LogP contribution < -0.4 is 0 Å². The molecule has 0 spiro atoms. The van der Waals surface area contributed by atoms with Crippen LogP contribution in [0.3, 0.4) is 0 Å². The second-order valence-corrected chi connectivity index (χ2v) is 6.38. The Hall–Kier alpha value is -1.52. The Balaban J connectivity index is 1.71. The standard InChI is InChI=1S/C16H12BrNOS/c17-13-6-3-5-12(8-13)15(19)10-20-16-9-11-4-1-2-7-14(11)18-16/h1-9,18H,10H2. The monoisotopic (exact) mass is 345 g/mol. The molecule has 3 aromatic rings. The van der Waals surface area contributed by atoms with Gasteiger partial charge in [0.25, 0.3) is 0 Å². The van der Waals surface area contributed by atoms with E-state index in [1.54, 1.807) is 0 Å². The van der Waals surface area contributed by atoms with Crippen molar-refractivity contribution in [2.75, 3.05) is 5.75 Å². The highest BCUT2D eigenvalue weighted by Crippen LogP contribution is 2.24. The van der Waals surface area contributed by atoms with Crippen molar-refractivity contribution in [1.82, 2.24) is 4.98 Å². The lowest BCUT2D eigenvalue weighted by Gasteiger charge is -2.00. The van der Waals surface area contributed by atoms with Crippen molar-refractivity contribution in [3.8, 4) is 0 Å². The number of para-hydroxylation sites is 1. The molecule has 0 atom stereocenters. The number of carbonyl (C=O) groups excluding carboxylic acids is 1. The van der Waals surface area contributed by atoms with E-state index < -0.39 is 0 Å². The number of benzene rings is 2. The minimum absolute atomic E-state index is 0.134. The van der Waals surface area contributed by atoms with Crippen molar-refractivity contribution in [3.63, 3.8) is 0 Å². The molecule has 4 heteroatoms. The van der Waals surface area contributed by atoms with Gasteiger partial charge in [-0.3, -0.25) is 4.79 Å². The maximum absolute atomic E-state index is 12.1. The number of aromatic nitrogens is 1. The molecule has 3 rings (SSSR count). The number of nitrogens with one attached hydrogen (secondary N) is 1. The predicted molar refractivity (Wildman–Crippen MR) is 87.5 cm³/mol. The van der Waals surface area contributed by atoms with Crippen molar-refractivity contribution in [2.24, 2.45) is 0 Å². The van der Waals surface area contributed by atoms with Gasteiger partial charge in [-0.2, -0.15) is 0 Å². The summed E-state index contributed by atoms with van der Waals surface area (Å²) in [7, 11) is 0. The van der Waals surface area contributed by atoms with E-state index in [-0.39, 0.29) is 5.78 Å². The van der Waals surface area contributed by atoms with E-state index in [1.807, 2.05) is 42.5 Å². The first-order valence-corrected chi connectivity index (χ1v) is 7.99. The zero-order chi connectivity index (χ0) is 13.9. The largest absolute Gasteiger partial charge is 0.350 e. The zero-order valence-corrected chi connectivity index (χ0v) is 13.0. The number of rotatable bonds is 4. The van der Waals surface area contributed by atoms with Gasteiger partial charge in [0, 0.05) is 20.9 Å². The highest BCUT2D eigenvalue weighted by atomic mass is 79.9. The number of halogens is 1. The van der Waals surface area contributed by atoms with Crippen LogP contribution in [0.2, 0.25) is 0 Å². The number of carbonyl (C=O) groups is 1. The molecule has 0 bridgehead atoms. The van der Waals surface area contributed by atoms with Gasteiger partial charge >= 0.3 is 0 Å². The molecule has 0 radical (unpaired) electrons. The van der Waals surface area contributed by atoms with Crippen LogP contribution in [-0.4, -0.2) is 16.5 Å². The molecular weight excluding hydrogens is 334 g/mol. The molecule has 2 aromatic carbocycles. The van der Waals surface area contributed by atoms with Gasteiger partial charge in [-0.15, -0.1) is 11.8 Å². The normalized spacial score (nSPS) is 10.8. The maximum Gasteiger partial charge on any atom is 0.173 e. The molecular formula is C16H12BrNOS. The van der Waals surface area contributed by atoms with Crippen LogP contribution in [0.25, 0.3) is 10.9 Å². The number of ketones is 1. The minimum atomic E-state index is 0.134. The summed E-state index contributed by atoms with van der Waals surface area (Å²) < 4.78 is 0.930. The Morgan fingerprint density at radius 1 is 1.10 bits per heavy atom. The van der Waals surface area contributed by atoms with Crippen molar-refractivity contribution in [3.05, 3.63) is 64.6 Å². The van der Waals surface area contributed by atoms with E-state index in [4.69, 9.17) is 0 Å². The van der Waals surface area contributed by atoms with Crippen LogP contribution in [-0.2, 0) is 0 Å². The molecule has 0 unspecified atom stereocenters. The Kier molecular flexibility index (Phi) is 3.94. The van der Waals surface area contributed by atoms with Crippen molar-refractivity contribution < 1.29 is 4.79 Å². The van der Waals surface area contributed by atoms with Gasteiger partial charge in [0.15, 0.2) is 5.78 Å². The van der Waals surface area contributed by atoms with E-state index in [9.17, 15) is 4.79 Å². The summed E-state index contributed by atoms with van der Waals surface area (Å²) in [6.45, 7) is 0. The summed E-state index contributed by atoms with van der Waals surface area (Å²) in [6, 6.07) is 17.7. The quantitative estimate of drug-likeness (QED) is 0.538. The van der Waals surface area contributed by atoms with Crippen molar-refractivity contribution in [1.29, 1.82) is 0 Å². The number of H-pyrrole nitrogens is 1. The van der Waals surface area contributed by atoms with E-state index in [2.05, 4.69) is 33.0 Å². The van der Waals surface area contributed by atoms with Crippen LogP contribution in [0.1, 0.15) is 10.4 Å². The molecule has 0 saturated carbocycles. The fourth-order valence-corrected chi connectivity index (χ4v) is 3.26. The van der Waals surface area contributed by atoms with Crippen molar-refractivity contribution >= 4 is 44.4 Å². The average molecular weight is 346 g/mol. The Morgan fingerprint density at radius 3 is 2.75 bits per heavy atom. The topological polar surface area (TPSA) is 32.9 Å². The predicted octanol–water partition coefficient (Wildman–Crippen LogP) is 4.91. The molecule has 1 aromatic heterocycles. The van der Waals surface area contributed by atoms with E-state index in [0.717, 1.165) is 20.6 Å². The van der Waals surface area contributed by atoms with Gasteiger partial charge in [0.05, 0.1) is 10.8 Å². The van der Waals surface area contributed by atoms with E-state index in [0.29, 0.717) is 5.75 Å². The first kappa shape index (κ1) is 13.5. The molecule has 0 fully saturated rings. The van der Waals surface area contributed by atoms with Crippen molar-refractivity contribution in [2.45, 2.75) is 5.03 Å². The molecule has 20 heavy (non-hydrogen) atoms. The molecule has 0 aliphatic carbocycles. The van der Waals surface area contributed by atoms with E-state index >= 15 is 0 Å². The fraction of sp³-hybridized carbons (Fsp3) is 0.0625. The van der Waals surface area contributed by atoms with Gasteiger partial charge in [-0.05, 0) is 24.3 Å². The lowest BCUT2D eigenvalue weighted by Crippen LogP contribution is -2.01. The average Bonchev–Trinajstić information content (AvgIpc) is 2.87. The lowest BCUT2D eigenvalue weighted by atomic mass is 10.2. The number of aromatic amines is 1. The van der Waals surface area contributed by atoms with Crippen LogP contribution in [0, 0.1) is 0 Å². The lowest BCUT2D eigenvalue weighted by molar-refractivity contribution is 0.102. The highest BCUT2D eigenvalue weighted by molar-refractivity contribution is 9.10. The molecule has 1 N–H and O–H groups in total. The van der Waals surface area contributed by atoms with Gasteiger partial charge in [-0.1, -0.05) is 46.3 Å². The number of hydrogen-bond donors (Lipinski definition) is 1. The third-order valence-electron chi connectivity index (χ3n) is 3.01. The summed E-state index contributed by atoms with van der Waals surface area (Å²) in [5.74, 6) is 0.568. The first-order valence-electron chi connectivity index (χ1n) is 6.22. The number of thioether (sulfide) groups is 1. The molecule has 0 aliphatic heterocycles. The summed E-state index contributed by atoms with van der Waals surface area (Å²) in [6.07, 6.45) is 0. The van der Waals surface area contributed by atoms with Crippen LogP contribution in [0.4, 0.5) is 0 Å².